The van der Waals surface area contributed by atoms with E-state index in [1.807, 2.05) is 28.0 Å². The molecule has 0 saturated carbocycles. The number of ether oxygens (including phenoxy) is 2. The van der Waals surface area contributed by atoms with Crippen molar-refractivity contribution in [1.82, 2.24) is 30.1 Å². The molecule has 1 aromatic heterocycles. The van der Waals surface area contributed by atoms with Gasteiger partial charge in [0.15, 0.2) is 5.69 Å². The van der Waals surface area contributed by atoms with Gasteiger partial charge in [0.1, 0.15) is 0 Å². The number of unbranched alkanes of at least 4 members (excludes halogenated alkanes) is 1. The first-order valence-corrected chi connectivity index (χ1v) is 14.3. The fraction of sp³-hybridized carbons (Fsp3) is 0.643. The highest BCUT2D eigenvalue weighted by Crippen LogP contribution is 2.26. The quantitative estimate of drug-likeness (QED) is 0.397. The molecule has 2 aliphatic heterocycles. The van der Waals surface area contributed by atoms with E-state index in [2.05, 4.69) is 29.5 Å². The van der Waals surface area contributed by atoms with E-state index in [-0.39, 0.29) is 42.1 Å². The van der Waals surface area contributed by atoms with Gasteiger partial charge in [-0.05, 0) is 43.7 Å². The van der Waals surface area contributed by atoms with Crippen molar-refractivity contribution in [2.45, 2.75) is 45.6 Å². The highest BCUT2D eigenvalue weighted by molar-refractivity contribution is 6.32. The van der Waals surface area contributed by atoms with Crippen molar-refractivity contribution in [3.8, 4) is 5.69 Å². The summed E-state index contributed by atoms with van der Waals surface area (Å²) < 4.78 is 12.3. The molecule has 222 valence electrons. The smallest absolute Gasteiger partial charge is 0.276 e. The van der Waals surface area contributed by atoms with E-state index in [9.17, 15) is 9.59 Å². The van der Waals surface area contributed by atoms with Gasteiger partial charge in [-0.1, -0.05) is 42.8 Å². The van der Waals surface area contributed by atoms with Crippen LogP contribution in [0.25, 0.3) is 5.69 Å². The van der Waals surface area contributed by atoms with Crippen LogP contribution in [0.1, 0.15) is 49.3 Å². The average molecular weight is 598 g/mol. The summed E-state index contributed by atoms with van der Waals surface area (Å²) in [6.45, 7) is 9.02. The van der Waals surface area contributed by atoms with Gasteiger partial charge in [-0.25, -0.2) is 4.68 Å². The molecule has 2 atom stereocenters. The molecule has 2 fully saturated rings. The highest BCUT2D eigenvalue weighted by atomic mass is 35.5. The first-order valence-electron chi connectivity index (χ1n) is 14.0. The first kappa shape index (κ1) is 32.3. The second kappa shape index (κ2) is 15.7. The lowest BCUT2D eigenvalue weighted by atomic mass is 9.92. The van der Waals surface area contributed by atoms with Crippen molar-refractivity contribution in [3.05, 3.63) is 40.7 Å². The van der Waals surface area contributed by atoms with Gasteiger partial charge >= 0.3 is 0 Å². The van der Waals surface area contributed by atoms with Crippen LogP contribution in [0.4, 0.5) is 0 Å². The SMILES string of the molecule is COCCCCc1c(C(=O)N(CC(C)C)[C@@H]2CNC[C@H](C(=O)N3CCOCC3)C2)nnn1-c1ccccc1Cl.Cl. The number of aromatic nitrogens is 3. The van der Waals surface area contributed by atoms with Crippen LogP contribution in [-0.2, 0) is 20.7 Å². The number of nitrogens with zero attached hydrogens (tertiary/aromatic N) is 5. The zero-order valence-electron chi connectivity index (χ0n) is 23.7. The fourth-order valence-corrected chi connectivity index (χ4v) is 5.58. The molecular weight excluding hydrogens is 555 g/mol. The number of para-hydroxylation sites is 1. The Kier molecular flexibility index (Phi) is 12.6. The minimum absolute atomic E-state index is 0. The largest absolute Gasteiger partial charge is 0.385 e. The standard InChI is InChI=1S/C28H41ClN6O4.ClH/c1-20(2)19-34(22-16-21(17-30-18-22)27(36)33-11-14-39-15-12-33)28(37)26-25(10-6-7-13-38-3)35(32-31-26)24-9-5-4-8-23(24)29;/h4-5,8-9,20-22,30H,6-7,10-19H2,1-3H3;1H/t21-,22+;/m1./s1. The monoisotopic (exact) mass is 596 g/mol. The Bertz CT molecular complexity index is 1110. The number of hydrogen-bond acceptors (Lipinski definition) is 7. The van der Waals surface area contributed by atoms with Gasteiger partial charge in [-0.3, -0.25) is 9.59 Å². The summed E-state index contributed by atoms with van der Waals surface area (Å²) in [5.74, 6) is 0.0376. The maximum Gasteiger partial charge on any atom is 0.276 e. The van der Waals surface area contributed by atoms with Gasteiger partial charge in [-0.15, -0.1) is 17.5 Å². The number of methoxy groups -OCH3 is 1. The number of rotatable bonds is 11. The molecule has 0 radical (unpaired) electrons. The molecule has 2 aromatic rings. The Hall–Kier alpha value is -2.24. The molecule has 10 nitrogen and oxygen atoms in total. The number of amides is 2. The summed E-state index contributed by atoms with van der Waals surface area (Å²) in [5, 5.41) is 12.8. The molecule has 0 bridgehead atoms. The van der Waals surface area contributed by atoms with Gasteiger partial charge in [0, 0.05) is 52.5 Å². The molecule has 2 amide bonds. The second-order valence-electron chi connectivity index (χ2n) is 10.7. The molecule has 12 heteroatoms. The zero-order valence-corrected chi connectivity index (χ0v) is 25.3. The number of carbonyl (C=O) groups excluding carboxylic acids is 2. The first-order chi connectivity index (χ1) is 18.9. The van der Waals surface area contributed by atoms with Crippen LogP contribution in [0, 0.1) is 11.8 Å². The van der Waals surface area contributed by atoms with Gasteiger partial charge < -0.3 is 24.6 Å². The van der Waals surface area contributed by atoms with Gasteiger partial charge in [0.2, 0.25) is 5.91 Å². The third kappa shape index (κ3) is 7.94. The molecule has 2 saturated heterocycles. The van der Waals surface area contributed by atoms with E-state index in [1.54, 1.807) is 17.9 Å². The summed E-state index contributed by atoms with van der Waals surface area (Å²) >= 11 is 6.51. The maximum absolute atomic E-state index is 14.2. The van der Waals surface area contributed by atoms with Crippen molar-refractivity contribution >= 4 is 35.8 Å². The second-order valence-corrected chi connectivity index (χ2v) is 11.1. The summed E-state index contributed by atoms with van der Waals surface area (Å²) in [6, 6.07) is 7.31. The van der Waals surface area contributed by atoms with E-state index in [0.29, 0.717) is 81.8 Å². The van der Waals surface area contributed by atoms with Crippen molar-refractivity contribution < 1.29 is 19.1 Å². The van der Waals surface area contributed by atoms with Crippen LogP contribution < -0.4 is 5.32 Å². The number of benzene rings is 1. The lowest BCUT2D eigenvalue weighted by Crippen LogP contribution is -2.56. The molecule has 1 N–H and O–H groups in total. The normalized spacial score (nSPS) is 19.4. The molecule has 3 heterocycles. The predicted molar refractivity (Wildman–Crippen MR) is 156 cm³/mol. The maximum atomic E-state index is 14.2. The van der Waals surface area contributed by atoms with Crippen molar-refractivity contribution in [2.75, 3.05) is 59.7 Å². The molecule has 40 heavy (non-hydrogen) atoms. The van der Waals surface area contributed by atoms with E-state index >= 15 is 0 Å². The van der Waals surface area contributed by atoms with Gasteiger partial charge in [-0.2, -0.15) is 0 Å². The van der Waals surface area contributed by atoms with Crippen LogP contribution in [0.3, 0.4) is 0 Å². The number of halogens is 2. The number of morpholine rings is 1. The molecule has 4 rings (SSSR count). The zero-order chi connectivity index (χ0) is 27.8. The number of nitrogens with one attached hydrogen (secondary N) is 1. The Morgan fingerprint density at radius 2 is 1.95 bits per heavy atom. The number of hydrogen-bond donors (Lipinski definition) is 1. The Morgan fingerprint density at radius 3 is 2.65 bits per heavy atom. The van der Waals surface area contributed by atoms with Crippen molar-refractivity contribution in [1.29, 1.82) is 0 Å². The Labute approximate surface area is 248 Å². The fourth-order valence-electron chi connectivity index (χ4n) is 5.36. The van der Waals surface area contributed by atoms with Crippen LogP contribution in [0.2, 0.25) is 5.02 Å². The molecule has 0 spiro atoms. The lowest BCUT2D eigenvalue weighted by Gasteiger charge is -2.40. The molecule has 2 aliphatic rings. The molecule has 0 aliphatic carbocycles. The lowest BCUT2D eigenvalue weighted by molar-refractivity contribution is -0.140. The number of carbonyl (C=O) groups is 2. The van der Waals surface area contributed by atoms with Crippen molar-refractivity contribution in [3.63, 3.8) is 0 Å². The Morgan fingerprint density at radius 1 is 1.20 bits per heavy atom. The summed E-state index contributed by atoms with van der Waals surface area (Å²) in [7, 11) is 1.68. The van der Waals surface area contributed by atoms with Gasteiger partial charge in [0.05, 0.1) is 35.5 Å². The molecule has 1 aromatic carbocycles. The van der Waals surface area contributed by atoms with Crippen LogP contribution in [-0.4, -0.2) is 102 Å². The molecule has 0 unspecified atom stereocenters. The third-order valence-corrected chi connectivity index (χ3v) is 7.64. The average Bonchev–Trinajstić information content (AvgIpc) is 3.37. The number of piperidine rings is 1. The summed E-state index contributed by atoms with van der Waals surface area (Å²) in [5.41, 5.74) is 1.77. The van der Waals surface area contributed by atoms with Crippen LogP contribution in [0.15, 0.2) is 24.3 Å². The predicted octanol–water partition coefficient (Wildman–Crippen LogP) is 3.25. The Balaban J connectivity index is 0.00000441. The van der Waals surface area contributed by atoms with E-state index in [4.69, 9.17) is 21.1 Å². The van der Waals surface area contributed by atoms with Crippen molar-refractivity contribution in [2.24, 2.45) is 11.8 Å². The summed E-state index contributed by atoms with van der Waals surface area (Å²) in [6.07, 6.45) is 2.89. The topological polar surface area (TPSA) is 102 Å². The van der Waals surface area contributed by atoms with Gasteiger partial charge in [0.25, 0.3) is 5.91 Å². The van der Waals surface area contributed by atoms with E-state index in [0.717, 1.165) is 18.5 Å². The highest BCUT2D eigenvalue weighted by Gasteiger charge is 2.37. The molecular formula is C28H42Cl2N6O4. The minimum Gasteiger partial charge on any atom is -0.385 e. The van der Waals surface area contributed by atoms with Crippen LogP contribution >= 0.6 is 24.0 Å². The van der Waals surface area contributed by atoms with E-state index in [1.165, 1.54) is 0 Å². The third-order valence-electron chi connectivity index (χ3n) is 7.32. The van der Waals surface area contributed by atoms with Crippen LogP contribution in [0.5, 0.6) is 0 Å². The summed E-state index contributed by atoms with van der Waals surface area (Å²) in [4.78, 5) is 31.3. The van der Waals surface area contributed by atoms with E-state index < -0.39 is 0 Å². The minimum atomic E-state index is -0.184.